The molecule has 0 atom stereocenters. The first-order chi connectivity index (χ1) is 12.8. The Kier molecular flexibility index (Phi) is 7.54. The molecule has 1 aromatic rings. The van der Waals surface area contributed by atoms with Crippen molar-refractivity contribution in [1.29, 1.82) is 0 Å². The van der Waals surface area contributed by atoms with Crippen molar-refractivity contribution in [3.8, 4) is 0 Å². The monoisotopic (exact) mass is 361 g/mol. The van der Waals surface area contributed by atoms with E-state index in [-0.39, 0.29) is 0 Å². The van der Waals surface area contributed by atoms with Crippen molar-refractivity contribution in [1.82, 2.24) is 10.2 Å². The van der Waals surface area contributed by atoms with Crippen LogP contribution in [0.3, 0.4) is 0 Å². The molecule has 3 rings (SSSR count). The lowest BCUT2D eigenvalue weighted by molar-refractivity contribution is 0.0376. The number of guanidine groups is 1. The number of nitrogens with one attached hydrogen (secondary N) is 1. The van der Waals surface area contributed by atoms with Gasteiger partial charge in [0, 0.05) is 38.4 Å². The number of hydrogen-bond acceptors (Lipinski definition) is 5. The Hall–Kier alpha value is -1.83. The lowest BCUT2D eigenvalue weighted by Crippen LogP contribution is -2.39. The van der Waals surface area contributed by atoms with E-state index in [4.69, 9.17) is 15.2 Å². The van der Waals surface area contributed by atoms with Crippen LogP contribution in [0.15, 0.2) is 29.3 Å². The number of nitrogens with two attached hydrogens (primary N) is 1. The quantitative estimate of drug-likeness (QED) is 0.422. The number of benzene rings is 1. The summed E-state index contributed by atoms with van der Waals surface area (Å²) in [4.78, 5) is 9.21. The third kappa shape index (κ3) is 6.16. The van der Waals surface area contributed by atoms with Crippen LogP contribution in [-0.4, -0.2) is 76.6 Å². The molecule has 144 valence electrons. The molecule has 2 fully saturated rings. The van der Waals surface area contributed by atoms with E-state index in [0.717, 1.165) is 72.1 Å². The molecule has 26 heavy (non-hydrogen) atoms. The summed E-state index contributed by atoms with van der Waals surface area (Å²) in [5.41, 5.74) is 8.38. The van der Waals surface area contributed by atoms with E-state index in [9.17, 15) is 0 Å². The zero-order valence-electron chi connectivity index (χ0n) is 15.5. The summed E-state index contributed by atoms with van der Waals surface area (Å²) < 4.78 is 10.8. The van der Waals surface area contributed by atoms with Gasteiger partial charge >= 0.3 is 0 Å². The average Bonchev–Trinajstić information content (AvgIpc) is 2.71. The van der Waals surface area contributed by atoms with Crippen molar-refractivity contribution in [2.24, 2.45) is 10.7 Å². The number of morpholine rings is 2. The molecular weight excluding hydrogens is 330 g/mol. The fourth-order valence-corrected chi connectivity index (χ4v) is 3.21. The number of aliphatic imine (C=N–C) groups is 1. The largest absolute Gasteiger partial charge is 0.379 e. The summed E-state index contributed by atoms with van der Waals surface area (Å²) >= 11 is 0. The van der Waals surface area contributed by atoms with Crippen LogP contribution in [0, 0.1) is 0 Å². The molecular formula is C19H31N5O2. The molecule has 7 heteroatoms. The first-order valence-electron chi connectivity index (χ1n) is 9.57. The normalized spacial score (nSPS) is 19.5. The smallest absolute Gasteiger partial charge is 0.188 e. The van der Waals surface area contributed by atoms with Crippen LogP contribution in [0.2, 0.25) is 0 Å². The van der Waals surface area contributed by atoms with Crippen LogP contribution < -0.4 is 16.0 Å². The van der Waals surface area contributed by atoms with Gasteiger partial charge in [0.05, 0.1) is 33.0 Å². The van der Waals surface area contributed by atoms with Crippen LogP contribution in [0.1, 0.15) is 12.0 Å². The van der Waals surface area contributed by atoms with Gasteiger partial charge in [0.1, 0.15) is 0 Å². The standard InChI is InChI=1S/C19H31N5O2/c20-19(21-6-1-7-23-8-12-25-13-9-23)22-16-17-2-4-18(5-3-17)24-10-14-26-15-11-24/h2-5H,1,6-16H2,(H3,20,21,22). The summed E-state index contributed by atoms with van der Waals surface area (Å²) in [5, 5.41) is 3.20. The molecule has 0 bridgehead atoms. The molecule has 1 aromatic carbocycles. The summed E-state index contributed by atoms with van der Waals surface area (Å²) in [6, 6.07) is 8.56. The summed E-state index contributed by atoms with van der Waals surface area (Å²) in [6.45, 7) is 9.81. The van der Waals surface area contributed by atoms with E-state index in [1.54, 1.807) is 0 Å². The maximum absolute atomic E-state index is 5.97. The third-order valence-electron chi connectivity index (χ3n) is 4.81. The fraction of sp³-hybridized carbons (Fsp3) is 0.632. The zero-order chi connectivity index (χ0) is 18.0. The lowest BCUT2D eigenvalue weighted by atomic mass is 10.2. The number of rotatable bonds is 7. The Bertz CT molecular complexity index is 552. The second-order valence-electron chi connectivity index (χ2n) is 6.70. The van der Waals surface area contributed by atoms with Crippen molar-refractivity contribution in [2.45, 2.75) is 13.0 Å². The predicted octanol–water partition coefficient (Wildman–Crippen LogP) is 0.650. The number of ether oxygens (including phenoxy) is 2. The first kappa shape index (κ1) is 18.9. The van der Waals surface area contributed by atoms with E-state index >= 15 is 0 Å². The highest BCUT2D eigenvalue weighted by Gasteiger charge is 2.11. The number of hydrogen-bond donors (Lipinski definition) is 2. The van der Waals surface area contributed by atoms with Gasteiger partial charge in [-0.15, -0.1) is 0 Å². The van der Waals surface area contributed by atoms with Gasteiger partial charge in [0.15, 0.2) is 5.96 Å². The second-order valence-corrected chi connectivity index (χ2v) is 6.70. The van der Waals surface area contributed by atoms with E-state index in [1.165, 1.54) is 11.3 Å². The molecule has 2 aliphatic heterocycles. The second kappa shape index (κ2) is 10.4. The fourth-order valence-electron chi connectivity index (χ4n) is 3.21. The van der Waals surface area contributed by atoms with Crippen molar-refractivity contribution in [2.75, 3.05) is 70.6 Å². The SMILES string of the molecule is NC(=NCc1ccc(N2CCOCC2)cc1)NCCCN1CCOCC1. The number of nitrogens with zero attached hydrogens (tertiary/aromatic N) is 3. The molecule has 7 nitrogen and oxygen atoms in total. The molecule has 0 amide bonds. The lowest BCUT2D eigenvalue weighted by Gasteiger charge is -2.28. The first-order valence-corrected chi connectivity index (χ1v) is 9.57. The van der Waals surface area contributed by atoms with Crippen LogP contribution >= 0.6 is 0 Å². The van der Waals surface area contributed by atoms with Gasteiger partial charge < -0.3 is 25.4 Å². The van der Waals surface area contributed by atoms with Crippen LogP contribution in [0.25, 0.3) is 0 Å². The Morgan fingerprint density at radius 2 is 1.65 bits per heavy atom. The molecule has 2 aliphatic rings. The highest BCUT2D eigenvalue weighted by atomic mass is 16.5. The Labute approximate surface area is 156 Å². The molecule has 0 radical (unpaired) electrons. The van der Waals surface area contributed by atoms with Gasteiger partial charge in [-0.3, -0.25) is 4.90 Å². The molecule has 3 N–H and O–H groups in total. The van der Waals surface area contributed by atoms with E-state index in [1.807, 2.05) is 0 Å². The van der Waals surface area contributed by atoms with Crippen LogP contribution in [0.4, 0.5) is 5.69 Å². The highest BCUT2D eigenvalue weighted by Crippen LogP contribution is 2.17. The molecule has 0 spiro atoms. The Morgan fingerprint density at radius 3 is 2.35 bits per heavy atom. The molecule has 0 unspecified atom stereocenters. The Morgan fingerprint density at radius 1 is 1.00 bits per heavy atom. The Balaban J connectivity index is 1.35. The van der Waals surface area contributed by atoms with Crippen LogP contribution in [-0.2, 0) is 16.0 Å². The molecule has 0 aliphatic carbocycles. The topological polar surface area (TPSA) is 75.3 Å². The maximum Gasteiger partial charge on any atom is 0.188 e. The van der Waals surface area contributed by atoms with Crippen molar-refractivity contribution in [3.63, 3.8) is 0 Å². The van der Waals surface area contributed by atoms with Gasteiger partial charge in [-0.2, -0.15) is 0 Å². The minimum absolute atomic E-state index is 0.518. The van der Waals surface area contributed by atoms with Crippen molar-refractivity contribution >= 4 is 11.6 Å². The number of anilines is 1. The predicted molar refractivity (Wildman–Crippen MR) is 105 cm³/mol. The summed E-state index contributed by atoms with van der Waals surface area (Å²) in [7, 11) is 0. The van der Waals surface area contributed by atoms with Crippen molar-refractivity contribution in [3.05, 3.63) is 29.8 Å². The van der Waals surface area contributed by atoms with Gasteiger partial charge in [0.25, 0.3) is 0 Å². The molecule has 2 heterocycles. The third-order valence-corrected chi connectivity index (χ3v) is 4.81. The minimum atomic E-state index is 0.518. The maximum atomic E-state index is 5.97. The summed E-state index contributed by atoms with van der Waals surface area (Å²) in [5.74, 6) is 0.518. The van der Waals surface area contributed by atoms with Gasteiger partial charge in [0.2, 0.25) is 0 Å². The van der Waals surface area contributed by atoms with E-state index < -0.39 is 0 Å². The average molecular weight is 361 g/mol. The zero-order valence-corrected chi connectivity index (χ0v) is 15.5. The van der Waals surface area contributed by atoms with E-state index in [2.05, 4.69) is 44.4 Å². The molecule has 0 saturated carbocycles. The molecule has 2 saturated heterocycles. The van der Waals surface area contributed by atoms with Gasteiger partial charge in [-0.05, 0) is 30.7 Å². The van der Waals surface area contributed by atoms with Gasteiger partial charge in [-0.25, -0.2) is 4.99 Å². The minimum Gasteiger partial charge on any atom is -0.379 e. The molecule has 0 aromatic heterocycles. The highest BCUT2D eigenvalue weighted by molar-refractivity contribution is 5.77. The summed E-state index contributed by atoms with van der Waals surface area (Å²) in [6.07, 6.45) is 1.06. The van der Waals surface area contributed by atoms with E-state index in [0.29, 0.717) is 12.5 Å². The van der Waals surface area contributed by atoms with Crippen LogP contribution in [0.5, 0.6) is 0 Å². The van der Waals surface area contributed by atoms with Gasteiger partial charge in [-0.1, -0.05) is 12.1 Å². The van der Waals surface area contributed by atoms with Crippen molar-refractivity contribution < 1.29 is 9.47 Å².